The number of hydrogen-bond acceptors (Lipinski definition) is 4. The van der Waals surface area contributed by atoms with Crippen LogP contribution in [0, 0.1) is 0 Å². The summed E-state index contributed by atoms with van der Waals surface area (Å²) in [6, 6.07) is 9.93. The van der Waals surface area contributed by atoms with E-state index >= 15 is 0 Å². The Labute approximate surface area is 134 Å². The Kier molecular flexibility index (Phi) is 5.68. The Morgan fingerprint density at radius 3 is 2.39 bits per heavy atom. The average Bonchev–Trinajstić information content (AvgIpc) is 2.60. The van der Waals surface area contributed by atoms with Crippen LogP contribution in [0.3, 0.4) is 0 Å². The predicted molar refractivity (Wildman–Crippen MR) is 86.0 cm³/mol. The second-order valence-electron chi connectivity index (χ2n) is 5.01. The van der Waals surface area contributed by atoms with Gasteiger partial charge in [-0.25, -0.2) is 0 Å². The first-order chi connectivity index (χ1) is 11.1. The van der Waals surface area contributed by atoms with Crippen molar-refractivity contribution in [3.8, 4) is 5.75 Å². The number of nitrogens with zero attached hydrogens (tertiary/aromatic N) is 1. The van der Waals surface area contributed by atoms with Gasteiger partial charge < -0.3 is 4.74 Å². The molecule has 0 aliphatic rings. The molecule has 2 N–H and O–H groups in total. The van der Waals surface area contributed by atoms with Crippen molar-refractivity contribution in [2.24, 2.45) is 0 Å². The summed E-state index contributed by atoms with van der Waals surface area (Å²) in [6.07, 6.45) is 3.96. The molecule has 0 unspecified atom stereocenters. The number of hydrogen-bond donors (Lipinski definition) is 2. The maximum Gasteiger partial charge on any atom is 0.269 e. The molecule has 0 bridgehead atoms. The molecule has 1 aromatic carbocycles. The number of amides is 2. The van der Waals surface area contributed by atoms with Gasteiger partial charge in [-0.3, -0.25) is 25.4 Å². The van der Waals surface area contributed by atoms with Gasteiger partial charge in [0.1, 0.15) is 5.75 Å². The second-order valence-corrected chi connectivity index (χ2v) is 5.01. The minimum absolute atomic E-state index is 0.0692. The summed E-state index contributed by atoms with van der Waals surface area (Å²) in [4.78, 5) is 27.8. The van der Waals surface area contributed by atoms with E-state index in [0.717, 1.165) is 6.42 Å². The van der Waals surface area contributed by atoms with Crippen LogP contribution in [0.1, 0.15) is 41.0 Å². The lowest BCUT2D eigenvalue weighted by molar-refractivity contribution is 0.0846. The SMILES string of the molecule is CC[C@@H](C)Oc1cccc(C(=O)NNC(=O)c2ccncc2)c1. The van der Waals surface area contributed by atoms with Gasteiger partial charge in [0.2, 0.25) is 0 Å². The number of nitrogens with one attached hydrogen (secondary N) is 2. The predicted octanol–water partition coefficient (Wildman–Crippen LogP) is 2.33. The first kappa shape index (κ1) is 16.5. The van der Waals surface area contributed by atoms with E-state index in [1.165, 1.54) is 12.4 Å². The highest BCUT2D eigenvalue weighted by Gasteiger charge is 2.10. The fraction of sp³-hybridized carbons (Fsp3) is 0.235. The van der Waals surface area contributed by atoms with Crippen molar-refractivity contribution in [1.82, 2.24) is 15.8 Å². The lowest BCUT2D eigenvalue weighted by Crippen LogP contribution is -2.41. The molecule has 0 aliphatic carbocycles. The molecule has 2 rings (SSSR count). The van der Waals surface area contributed by atoms with Crippen LogP contribution in [0.2, 0.25) is 0 Å². The van der Waals surface area contributed by atoms with E-state index < -0.39 is 11.8 Å². The van der Waals surface area contributed by atoms with Gasteiger partial charge in [0, 0.05) is 23.5 Å². The van der Waals surface area contributed by atoms with Crippen LogP contribution >= 0.6 is 0 Å². The van der Waals surface area contributed by atoms with E-state index in [1.807, 2.05) is 13.8 Å². The monoisotopic (exact) mass is 313 g/mol. The summed E-state index contributed by atoms with van der Waals surface area (Å²) in [7, 11) is 0. The molecule has 0 aliphatic heterocycles. The highest BCUT2D eigenvalue weighted by atomic mass is 16.5. The highest BCUT2D eigenvalue weighted by Crippen LogP contribution is 2.15. The normalized spacial score (nSPS) is 11.4. The third kappa shape index (κ3) is 4.81. The molecule has 2 aromatic rings. The number of carbonyl (C=O) groups is 2. The number of pyridine rings is 1. The van der Waals surface area contributed by atoms with Gasteiger partial charge in [-0.2, -0.15) is 0 Å². The van der Waals surface area contributed by atoms with E-state index in [1.54, 1.807) is 36.4 Å². The molecule has 1 atom stereocenters. The smallest absolute Gasteiger partial charge is 0.269 e. The maximum absolute atomic E-state index is 12.1. The number of hydrazine groups is 1. The number of rotatable bonds is 5. The lowest BCUT2D eigenvalue weighted by atomic mass is 10.2. The van der Waals surface area contributed by atoms with Crippen LogP contribution in [0.5, 0.6) is 5.75 Å². The zero-order valence-electron chi connectivity index (χ0n) is 13.1. The van der Waals surface area contributed by atoms with Gasteiger partial charge in [-0.1, -0.05) is 13.0 Å². The fourth-order valence-corrected chi connectivity index (χ4v) is 1.79. The van der Waals surface area contributed by atoms with Gasteiger partial charge in [0.15, 0.2) is 0 Å². The molecule has 1 aromatic heterocycles. The van der Waals surface area contributed by atoms with Crippen LogP contribution in [0.15, 0.2) is 48.8 Å². The molecule has 0 radical (unpaired) electrons. The van der Waals surface area contributed by atoms with E-state index in [9.17, 15) is 9.59 Å². The summed E-state index contributed by atoms with van der Waals surface area (Å²) in [6.45, 7) is 3.98. The third-order valence-electron chi connectivity index (χ3n) is 3.24. The summed E-state index contributed by atoms with van der Waals surface area (Å²) >= 11 is 0. The molecule has 0 spiro atoms. The molecule has 0 saturated carbocycles. The Bertz CT molecular complexity index is 674. The maximum atomic E-state index is 12.1. The minimum atomic E-state index is -0.415. The van der Waals surface area contributed by atoms with Gasteiger partial charge >= 0.3 is 0 Å². The molecule has 6 nitrogen and oxygen atoms in total. The molecule has 6 heteroatoms. The van der Waals surface area contributed by atoms with Crippen molar-refractivity contribution in [2.45, 2.75) is 26.4 Å². The zero-order valence-corrected chi connectivity index (χ0v) is 13.1. The van der Waals surface area contributed by atoms with Gasteiger partial charge in [0.25, 0.3) is 11.8 Å². The minimum Gasteiger partial charge on any atom is -0.491 e. The van der Waals surface area contributed by atoms with Crippen molar-refractivity contribution < 1.29 is 14.3 Å². The number of carbonyl (C=O) groups excluding carboxylic acids is 2. The quantitative estimate of drug-likeness (QED) is 0.830. The van der Waals surface area contributed by atoms with Crippen LogP contribution in [-0.4, -0.2) is 22.9 Å². The molecule has 2 amide bonds. The zero-order chi connectivity index (χ0) is 16.7. The second kappa shape index (κ2) is 7.93. The Morgan fingerprint density at radius 2 is 1.74 bits per heavy atom. The fourth-order valence-electron chi connectivity index (χ4n) is 1.79. The van der Waals surface area contributed by atoms with Crippen LogP contribution in [0.4, 0.5) is 0 Å². The van der Waals surface area contributed by atoms with Crippen molar-refractivity contribution >= 4 is 11.8 Å². The summed E-state index contributed by atoms with van der Waals surface area (Å²) in [5, 5.41) is 0. The molecular formula is C17H19N3O3. The van der Waals surface area contributed by atoms with E-state index in [2.05, 4.69) is 15.8 Å². The van der Waals surface area contributed by atoms with Gasteiger partial charge in [0.05, 0.1) is 6.10 Å². The van der Waals surface area contributed by atoms with E-state index in [4.69, 9.17) is 4.74 Å². The summed E-state index contributed by atoms with van der Waals surface area (Å²) < 4.78 is 5.67. The van der Waals surface area contributed by atoms with Gasteiger partial charge in [-0.05, 0) is 43.7 Å². The molecule has 1 heterocycles. The standard InChI is InChI=1S/C17H19N3O3/c1-3-12(2)23-15-6-4-5-14(11-15)17(22)20-19-16(21)13-7-9-18-10-8-13/h4-12H,3H2,1-2H3,(H,19,21)(H,20,22)/t12-/m1/s1. The van der Waals surface area contributed by atoms with Crippen LogP contribution in [-0.2, 0) is 0 Å². The van der Waals surface area contributed by atoms with Crippen molar-refractivity contribution in [1.29, 1.82) is 0 Å². The lowest BCUT2D eigenvalue weighted by Gasteiger charge is -2.13. The number of benzene rings is 1. The molecule has 0 saturated heterocycles. The molecule has 23 heavy (non-hydrogen) atoms. The molecule has 120 valence electrons. The average molecular weight is 313 g/mol. The first-order valence-corrected chi connectivity index (χ1v) is 7.37. The molecular weight excluding hydrogens is 294 g/mol. The van der Waals surface area contributed by atoms with E-state index in [0.29, 0.717) is 16.9 Å². The van der Waals surface area contributed by atoms with Crippen LogP contribution in [0.25, 0.3) is 0 Å². The summed E-state index contributed by atoms with van der Waals surface area (Å²) in [5.74, 6) is -0.206. The Hall–Kier alpha value is -2.89. The topological polar surface area (TPSA) is 80.3 Å². The van der Waals surface area contributed by atoms with Gasteiger partial charge in [-0.15, -0.1) is 0 Å². The number of ether oxygens (including phenoxy) is 1. The largest absolute Gasteiger partial charge is 0.491 e. The van der Waals surface area contributed by atoms with Crippen molar-refractivity contribution in [2.75, 3.05) is 0 Å². The molecule has 0 fully saturated rings. The first-order valence-electron chi connectivity index (χ1n) is 7.37. The highest BCUT2D eigenvalue weighted by molar-refractivity contribution is 5.99. The van der Waals surface area contributed by atoms with Crippen molar-refractivity contribution in [3.63, 3.8) is 0 Å². The number of aromatic nitrogens is 1. The Balaban J connectivity index is 1.95. The van der Waals surface area contributed by atoms with Crippen molar-refractivity contribution in [3.05, 3.63) is 59.9 Å². The van der Waals surface area contributed by atoms with E-state index in [-0.39, 0.29) is 6.10 Å². The van der Waals surface area contributed by atoms with Crippen LogP contribution < -0.4 is 15.6 Å². The Morgan fingerprint density at radius 1 is 1.09 bits per heavy atom. The third-order valence-corrected chi connectivity index (χ3v) is 3.24. The summed E-state index contributed by atoms with van der Waals surface area (Å²) in [5.41, 5.74) is 5.55.